The predicted molar refractivity (Wildman–Crippen MR) is 62.1 cm³/mol. The summed E-state index contributed by atoms with van der Waals surface area (Å²) in [5.74, 6) is 0.734. The maximum Gasteiger partial charge on any atom is 0.226 e. The van der Waals surface area contributed by atoms with Gasteiger partial charge >= 0.3 is 0 Å². The van der Waals surface area contributed by atoms with Gasteiger partial charge in [0.15, 0.2) is 0 Å². The van der Waals surface area contributed by atoms with E-state index in [-0.39, 0.29) is 5.91 Å². The summed E-state index contributed by atoms with van der Waals surface area (Å²) in [6, 6.07) is 0. The maximum atomic E-state index is 11.4. The van der Waals surface area contributed by atoms with Crippen LogP contribution in [0.3, 0.4) is 0 Å². The zero-order chi connectivity index (χ0) is 11.4. The SMILES string of the molecule is CC(C)CC(=O)Nc1nnc(C(C)C)s1. The Morgan fingerprint density at radius 1 is 1.33 bits per heavy atom. The number of rotatable bonds is 4. The lowest BCUT2D eigenvalue weighted by atomic mass is 10.1. The van der Waals surface area contributed by atoms with Gasteiger partial charge < -0.3 is 5.32 Å². The van der Waals surface area contributed by atoms with Crippen LogP contribution in [0.15, 0.2) is 0 Å². The molecule has 0 aromatic carbocycles. The number of aromatic nitrogens is 2. The Kier molecular flexibility index (Phi) is 4.20. The number of amides is 1. The molecule has 0 bridgehead atoms. The molecule has 5 heteroatoms. The van der Waals surface area contributed by atoms with E-state index in [9.17, 15) is 4.79 Å². The maximum absolute atomic E-state index is 11.4. The fourth-order valence-electron chi connectivity index (χ4n) is 1.06. The van der Waals surface area contributed by atoms with E-state index < -0.39 is 0 Å². The zero-order valence-corrected chi connectivity index (χ0v) is 10.4. The highest BCUT2D eigenvalue weighted by Gasteiger charge is 2.10. The first kappa shape index (κ1) is 12.1. The molecule has 4 nitrogen and oxygen atoms in total. The van der Waals surface area contributed by atoms with Gasteiger partial charge in [-0.05, 0) is 5.92 Å². The predicted octanol–water partition coefficient (Wildman–Crippen LogP) is 2.65. The number of hydrogen-bond acceptors (Lipinski definition) is 4. The number of hydrogen-bond donors (Lipinski definition) is 1. The van der Waals surface area contributed by atoms with Crippen molar-refractivity contribution in [2.24, 2.45) is 5.92 Å². The van der Waals surface area contributed by atoms with Crippen molar-refractivity contribution < 1.29 is 4.79 Å². The molecule has 1 aromatic heterocycles. The summed E-state index contributed by atoms with van der Waals surface area (Å²) in [7, 11) is 0. The first-order valence-electron chi connectivity index (χ1n) is 5.12. The molecule has 1 N–H and O–H groups in total. The van der Waals surface area contributed by atoms with Crippen LogP contribution < -0.4 is 5.32 Å². The molecule has 0 aliphatic heterocycles. The van der Waals surface area contributed by atoms with E-state index in [1.165, 1.54) is 11.3 Å². The molecular formula is C10H17N3OS. The van der Waals surface area contributed by atoms with Crippen molar-refractivity contribution in [3.8, 4) is 0 Å². The number of nitrogens with zero attached hydrogens (tertiary/aromatic N) is 2. The van der Waals surface area contributed by atoms with Crippen LogP contribution in [0.5, 0.6) is 0 Å². The van der Waals surface area contributed by atoms with Crippen LogP contribution in [-0.2, 0) is 4.79 Å². The van der Waals surface area contributed by atoms with E-state index in [1.54, 1.807) is 0 Å². The summed E-state index contributed by atoms with van der Waals surface area (Å²) in [6.45, 7) is 8.14. The second-order valence-electron chi connectivity index (χ2n) is 4.25. The first-order chi connectivity index (χ1) is 6.99. The van der Waals surface area contributed by atoms with Crippen molar-refractivity contribution in [2.75, 3.05) is 5.32 Å². The van der Waals surface area contributed by atoms with Crippen LogP contribution in [0.4, 0.5) is 5.13 Å². The minimum atomic E-state index is 0.0106. The van der Waals surface area contributed by atoms with Crippen molar-refractivity contribution in [1.29, 1.82) is 0 Å². The molecule has 1 heterocycles. The van der Waals surface area contributed by atoms with Gasteiger partial charge in [-0.3, -0.25) is 4.79 Å². The highest BCUT2D eigenvalue weighted by atomic mass is 32.1. The van der Waals surface area contributed by atoms with Gasteiger partial charge in [-0.2, -0.15) is 0 Å². The molecule has 1 amide bonds. The Labute approximate surface area is 94.1 Å². The van der Waals surface area contributed by atoms with E-state index in [4.69, 9.17) is 0 Å². The summed E-state index contributed by atoms with van der Waals surface area (Å²) in [6.07, 6.45) is 0.524. The Hall–Kier alpha value is -0.970. The Morgan fingerprint density at radius 3 is 2.47 bits per heavy atom. The fraction of sp³-hybridized carbons (Fsp3) is 0.700. The van der Waals surface area contributed by atoms with Crippen LogP contribution in [0.1, 0.15) is 45.0 Å². The molecule has 0 atom stereocenters. The second-order valence-corrected chi connectivity index (χ2v) is 5.26. The summed E-state index contributed by atoms with van der Waals surface area (Å²) in [4.78, 5) is 11.4. The van der Waals surface area contributed by atoms with Gasteiger partial charge in [0.05, 0.1) is 0 Å². The van der Waals surface area contributed by atoms with Crippen molar-refractivity contribution in [1.82, 2.24) is 10.2 Å². The van der Waals surface area contributed by atoms with E-state index >= 15 is 0 Å². The topological polar surface area (TPSA) is 54.9 Å². The summed E-state index contributed by atoms with van der Waals surface area (Å²) in [5.41, 5.74) is 0. The fourth-order valence-corrected chi connectivity index (χ4v) is 1.82. The van der Waals surface area contributed by atoms with Gasteiger partial charge in [0.2, 0.25) is 11.0 Å². The van der Waals surface area contributed by atoms with Gasteiger partial charge in [-0.15, -0.1) is 10.2 Å². The minimum absolute atomic E-state index is 0.0106. The largest absolute Gasteiger partial charge is 0.301 e. The lowest BCUT2D eigenvalue weighted by Crippen LogP contribution is -2.13. The molecular weight excluding hydrogens is 210 g/mol. The molecule has 84 valence electrons. The third-order valence-corrected chi connectivity index (χ3v) is 2.91. The molecule has 0 fully saturated rings. The monoisotopic (exact) mass is 227 g/mol. The van der Waals surface area contributed by atoms with E-state index in [1.807, 2.05) is 13.8 Å². The van der Waals surface area contributed by atoms with Crippen molar-refractivity contribution in [2.45, 2.75) is 40.0 Å². The molecule has 0 aliphatic rings. The third-order valence-electron chi connectivity index (χ3n) is 1.77. The molecule has 0 radical (unpaired) electrons. The smallest absolute Gasteiger partial charge is 0.226 e. The van der Waals surface area contributed by atoms with Crippen molar-refractivity contribution in [3.63, 3.8) is 0 Å². The van der Waals surface area contributed by atoms with E-state index in [0.29, 0.717) is 23.4 Å². The third kappa shape index (κ3) is 3.95. The normalized spacial score (nSPS) is 11.1. The summed E-state index contributed by atoms with van der Waals surface area (Å²) in [5, 5.41) is 12.2. The second kappa shape index (κ2) is 5.21. The van der Waals surface area contributed by atoms with Crippen LogP contribution in [0.2, 0.25) is 0 Å². The standard InChI is InChI=1S/C10H17N3OS/c1-6(2)5-8(14)11-10-13-12-9(15-10)7(3)4/h6-7H,5H2,1-4H3,(H,11,13,14). The van der Waals surface area contributed by atoms with Gasteiger partial charge in [-0.1, -0.05) is 39.0 Å². The van der Waals surface area contributed by atoms with Crippen LogP contribution in [-0.4, -0.2) is 16.1 Å². The Bertz CT molecular complexity index is 333. The lowest BCUT2D eigenvalue weighted by Gasteiger charge is -2.02. The van der Waals surface area contributed by atoms with E-state index in [2.05, 4.69) is 29.4 Å². The molecule has 1 rings (SSSR count). The molecule has 1 aromatic rings. The Morgan fingerprint density at radius 2 is 2.00 bits per heavy atom. The van der Waals surface area contributed by atoms with Gasteiger partial charge in [0, 0.05) is 12.3 Å². The van der Waals surface area contributed by atoms with Crippen LogP contribution in [0, 0.1) is 5.92 Å². The molecule has 0 saturated heterocycles. The first-order valence-corrected chi connectivity index (χ1v) is 5.94. The average Bonchev–Trinajstić information content (AvgIpc) is 2.50. The Balaban J connectivity index is 2.53. The van der Waals surface area contributed by atoms with Crippen molar-refractivity contribution >= 4 is 22.4 Å². The quantitative estimate of drug-likeness (QED) is 0.860. The zero-order valence-electron chi connectivity index (χ0n) is 9.57. The van der Waals surface area contributed by atoms with Crippen LogP contribution >= 0.6 is 11.3 Å². The van der Waals surface area contributed by atoms with Gasteiger partial charge in [0.1, 0.15) is 5.01 Å². The number of carbonyl (C=O) groups excluding carboxylic acids is 1. The van der Waals surface area contributed by atoms with Crippen LogP contribution in [0.25, 0.3) is 0 Å². The summed E-state index contributed by atoms with van der Waals surface area (Å²) < 4.78 is 0. The number of carbonyl (C=O) groups is 1. The number of nitrogens with one attached hydrogen (secondary N) is 1. The van der Waals surface area contributed by atoms with Gasteiger partial charge in [0.25, 0.3) is 0 Å². The van der Waals surface area contributed by atoms with E-state index in [0.717, 1.165) is 5.01 Å². The average molecular weight is 227 g/mol. The highest BCUT2D eigenvalue weighted by Crippen LogP contribution is 2.22. The summed E-state index contributed by atoms with van der Waals surface area (Å²) >= 11 is 1.44. The molecule has 15 heavy (non-hydrogen) atoms. The minimum Gasteiger partial charge on any atom is -0.301 e. The molecule has 0 saturated carbocycles. The van der Waals surface area contributed by atoms with Gasteiger partial charge in [-0.25, -0.2) is 0 Å². The highest BCUT2D eigenvalue weighted by molar-refractivity contribution is 7.15. The van der Waals surface area contributed by atoms with Crippen molar-refractivity contribution in [3.05, 3.63) is 5.01 Å². The molecule has 0 unspecified atom stereocenters. The number of anilines is 1. The lowest BCUT2D eigenvalue weighted by molar-refractivity contribution is -0.116. The molecule has 0 aliphatic carbocycles. The molecule has 0 spiro atoms.